The lowest BCUT2D eigenvalue weighted by atomic mass is 10.2. The molecule has 2 heterocycles. The van der Waals surface area contributed by atoms with Crippen LogP contribution >= 0.6 is 0 Å². The van der Waals surface area contributed by atoms with Crippen molar-refractivity contribution >= 4 is 17.0 Å². The fourth-order valence-electron chi connectivity index (χ4n) is 2.78. The smallest absolute Gasteiger partial charge is 0.354 e. The number of halogens is 1. The lowest BCUT2D eigenvalue weighted by Crippen LogP contribution is -2.23. The van der Waals surface area contributed by atoms with Gasteiger partial charge in [-0.1, -0.05) is 6.07 Å². The minimum Gasteiger partial charge on any atom is -0.370 e. The SMILES string of the molecule is Cc1cc2cn(-c3ccc(CNCCCN=C(N)N)c(F)c3)c(=O)nc2[nH]1. The number of benzene rings is 1. The van der Waals surface area contributed by atoms with Crippen LogP contribution in [0, 0.1) is 12.7 Å². The third-order valence-corrected chi connectivity index (χ3v) is 4.08. The van der Waals surface area contributed by atoms with Gasteiger partial charge in [-0.15, -0.1) is 0 Å². The fraction of sp³-hybridized carbons (Fsp3) is 0.278. The molecule has 9 heteroatoms. The van der Waals surface area contributed by atoms with E-state index in [2.05, 4.69) is 20.3 Å². The minimum absolute atomic E-state index is 0.0642. The molecule has 0 atom stereocenters. The predicted octanol–water partition coefficient (Wildman–Crippen LogP) is 0.914. The van der Waals surface area contributed by atoms with Crippen molar-refractivity contribution < 1.29 is 4.39 Å². The summed E-state index contributed by atoms with van der Waals surface area (Å²) in [7, 11) is 0. The second-order valence-corrected chi connectivity index (χ2v) is 6.26. The van der Waals surface area contributed by atoms with Gasteiger partial charge in [0.1, 0.15) is 11.5 Å². The van der Waals surface area contributed by atoms with E-state index in [-0.39, 0.29) is 11.8 Å². The maximum Gasteiger partial charge on any atom is 0.354 e. The molecule has 0 saturated heterocycles. The van der Waals surface area contributed by atoms with E-state index in [1.165, 1.54) is 10.6 Å². The van der Waals surface area contributed by atoms with Crippen LogP contribution in [0.25, 0.3) is 16.7 Å². The van der Waals surface area contributed by atoms with Crippen LogP contribution in [0.15, 0.2) is 40.2 Å². The van der Waals surface area contributed by atoms with E-state index < -0.39 is 5.69 Å². The number of aromatic amines is 1. The van der Waals surface area contributed by atoms with Gasteiger partial charge in [-0.05, 0) is 38.1 Å². The number of hydrogen-bond donors (Lipinski definition) is 4. The molecule has 0 aliphatic heterocycles. The van der Waals surface area contributed by atoms with Crippen molar-refractivity contribution in [3.63, 3.8) is 0 Å². The summed E-state index contributed by atoms with van der Waals surface area (Å²) in [5, 5.41) is 3.93. The summed E-state index contributed by atoms with van der Waals surface area (Å²) >= 11 is 0. The molecule has 0 unspecified atom stereocenters. The molecule has 0 amide bonds. The molecule has 6 N–H and O–H groups in total. The monoisotopic (exact) mass is 371 g/mol. The lowest BCUT2D eigenvalue weighted by Gasteiger charge is -2.09. The molecule has 3 rings (SSSR count). The van der Waals surface area contributed by atoms with Gasteiger partial charge in [0, 0.05) is 35.9 Å². The van der Waals surface area contributed by atoms with Crippen LogP contribution in [0.5, 0.6) is 0 Å². The van der Waals surface area contributed by atoms with Gasteiger partial charge in [-0.3, -0.25) is 9.56 Å². The van der Waals surface area contributed by atoms with Crippen molar-refractivity contribution in [2.45, 2.75) is 19.9 Å². The molecular formula is C18H22FN7O. The normalized spacial score (nSPS) is 11.0. The topological polar surface area (TPSA) is 127 Å². The summed E-state index contributed by atoms with van der Waals surface area (Å²) in [4.78, 5) is 23.1. The molecule has 0 spiro atoms. The first-order valence-corrected chi connectivity index (χ1v) is 8.58. The zero-order chi connectivity index (χ0) is 19.4. The van der Waals surface area contributed by atoms with Crippen molar-refractivity contribution in [1.82, 2.24) is 19.9 Å². The second kappa shape index (κ2) is 8.00. The number of nitrogens with one attached hydrogen (secondary N) is 2. The van der Waals surface area contributed by atoms with Gasteiger partial charge < -0.3 is 21.8 Å². The number of guanidine groups is 1. The first-order valence-electron chi connectivity index (χ1n) is 8.58. The molecule has 8 nitrogen and oxygen atoms in total. The van der Waals surface area contributed by atoms with E-state index in [1.807, 2.05) is 13.0 Å². The number of rotatable bonds is 7. The molecule has 0 bridgehead atoms. The number of hydrogen-bond acceptors (Lipinski definition) is 4. The van der Waals surface area contributed by atoms with Gasteiger partial charge in [0.2, 0.25) is 0 Å². The first-order chi connectivity index (χ1) is 12.9. The molecule has 0 aliphatic carbocycles. The number of aromatic nitrogens is 3. The zero-order valence-corrected chi connectivity index (χ0v) is 15.0. The number of nitrogens with two attached hydrogens (primary N) is 2. The molecule has 0 saturated carbocycles. The van der Waals surface area contributed by atoms with Gasteiger partial charge in [0.25, 0.3) is 0 Å². The summed E-state index contributed by atoms with van der Waals surface area (Å²) in [5.74, 6) is -0.323. The standard InChI is InChI=1S/C18H22FN7O/c1-11-7-13-10-26(18(27)25-16(13)24-11)14-4-3-12(15(19)8-14)9-22-5-2-6-23-17(20)21/h3-4,7-8,10,22H,2,5-6,9H2,1H3,(H4,20,21,23)(H,24,25,27). The molecular weight excluding hydrogens is 349 g/mol. The van der Waals surface area contributed by atoms with E-state index in [0.29, 0.717) is 36.5 Å². The number of aryl methyl sites for hydroxylation is 1. The number of H-pyrrole nitrogens is 1. The molecule has 1 aromatic carbocycles. The highest BCUT2D eigenvalue weighted by Gasteiger charge is 2.09. The van der Waals surface area contributed by atoms with E-state index >= 15 is 0 Å². The Balaban J connectivity index is 1.70. The van der Waals surface area contributed by atoms with E-state index in [4.69, 9.17) is 11.5 Å². The number of nitrogens with zero attached hydrogens (tertiary/aromatic N) is 3. The predicted molar refractivity (Wildman–Crippen MR) is 103 cm³/mol. The van der Waals surface area contributed by atoms with Gasteiger partial charge >= 0.3 is 5.69 Å². The summed E-state index contributed by atoms with van der Waals surface area (Å²) < 4.78 is 15.8. The molecule has 0 radical (unpaired) electrons. The summed E-state index contributed by atoms with van der Waals surface area (Å²) in [6.45, 7) is 3.44. The van der Waals surface area contributed by atoms with Crippen molar-refractivity contribution in [3.05, 3.63) is 58.0 Å². The third-order valence-electron chi connectivity index (χ3n) is 4.08. The molecule has 142 valence electrons. The van der Waals surface area contributed by atoms with Crippen LogP contribution < -0.4 is 22.5 Å². The Morgan fingerprint density at radius 3 is 2.93 bits per heavy atom. The van der Waals surface area contributed by atoms with E-state index in [9.17, 15) is 9.18 Å². The highest BCUT2D eigenvalue weighted by molar-refractivity contribution is 5.76. The van der Waals surface area contributed by atoms with Gasteiger partial charge in [-0.25, -0.2) is 9.18 Å². The van der Waals surface area contributed by atoms with Crippen LogP contribution in [-0.2, 0) is 6.54 Å². The highest BCUT2D eigenvalue weighted by Crippen LogP contribution is 2.16. The van der Waals surface area contributed by atoms with Crippen LogP contribution in [-0.4, -0.2) is 33.6 Å². The number of fused-ring (bicyclic) bond motifs is 1. The fourth-order valence-corrected chi connectivity index (χ4v) is 2.78. The molecule has 3 aromatic rings. The van der Waals surface area contributed by atoms with E-state index in [0.717, 1.165) is 17.5 Å². The van der Waals surface area contributed by atoms with Crippen molar-refractivity contribution in [2.75, 3.05) is 13.1 Å². The van der Waals surface area contributed by atoms with Crippen LogP contribution in [0.4, 0.5) is 4.39 Å². The van der Waals surface area contributed by atoms with Gasteiger partial charge in [0.05, 0.1) is 5.69 Å². The zero-order valence-electron chi connectivity index (χ0n) is 15.0. The average molecular weight is 371 g/mol. The maximum atomic E-state index is 14.4. The van der Waals surface area contributed by atoms with Crippen molar-refractivity contribution in [3.8, 4) is 5.69 Å². The Morgan fingerprint density at radius 1 is 1.37 bits per heavy atom. The summed E-state index contributed by atoms with van der Waals surface area (Å²) in [5.41, 5.74) is 12.4. The maximum absolute atomic E-state index is 14.4. The minimum atomic E-state index is -0.464. The Bertz CT molecular complexity index is 1030. The van der Waals surface area contributed by atoms with Gasteiger partial charge in [-0.2, -0.15) is 4.98 Å². The quantitative estimate of drug-likeness (QED) is 0.279. The Hall–Kier alpha value is -3.20. The molecule has 27 heavy (non-hydrogen) atoms. The summed E-state index contributed by atoms with van der Waals surface area (Å²) in [6, 6.07) is 6.58. The molecule has 0 aliphatic rings. The van der Waals surface area contributed by atoms with Crippen molar-refractivity contribution in [2.24, 2.45) is 16.5 Å². The Labute approximate surface area is 155 Å². The van der Waals surface area contributed by atoms with Crippen LogP contribution in [0.2, 0.25) is 0 Å². The second-order valence-electron chi connectivity index (χ2n) is 6.26. The lowest BCUT2D eigenvalue weighted by molar-refractivity contribution is 0.582. The number of aliphatic imine (C=N–C) groups is 1. The summed E-state index contributed by atoms with van der Waals surface area (Å²) in [6.07, 6.45) is 2.40. The Morgan fingerprint density at radius 2 is 2.19 bits per heavy atom. The van der Waals surface area contributed by atoms with Crippen molar-refractivity contribution in [1.29, 1.82) is 0 Å². The van der Waals surface area contributed by atoms with Gasteiger partial charge in [0.15, 0.2) is 5.96 Å². The highest BCUT2D eigenvalue weighted by atomic mass is 19.1. The van der Waals surface area contributed by atoms with E-state index in [1.54, 1.807) is 18.3 Å². The molecule has 0 fully saturated rings. The molecule has 2 aromatic heterocycles. The van der Waals surface area contributed by atoms with Crippen LogP contribution in [0.3, 0.4) is 0 Å². The largest absolute Gasteiger partial charge is 0.370 e. The average Bonchev–Trinajstić information content (AvgIpc) is 2.97. The Kier molecular flexibility index (Phi) is 5.51. The third kappa shape index (κ3) is 4.50. The van der Waals surface area contributed by atoms with Crippen LogP contribution in [0.1, 0.15) is 17.7 Å². The first kappa shape index (κ1) is 18.6.